The van der Waals surface area contributed by atoms with Crippen LogP contribution in [0.3, 0.4) is 0 Å². The van der Waals surface area contributed by atoms with Crippen LogP contribution in [0, 0.1) is 0 Å². The Balaban J connectivity index is 1.78. The minimum absolute atomic E-state index is 0.356. The van der Waals surface area contributed by atoms with Crippen molar-refractivity contribution in [1.29, 1.82) is 0 Å². The van der Waals surface area contributed by atoms with E-state index in [1.54, 1.807) is 18.3 Å². The number of thiazole rings is 1. The van der Waals surface area contributed by atoms with E-state index in [2.05, 4.69) is 10.3 Å². The average molecular weight is 287 g/mol. The lowest BCUT2D eigenvalue weighted by molar-refractivity contribution is 0.168. The first-order chi connectivity index (χ1) is 9.76. The summed E-state index contributed by atoms with van der Waals surface area (Å²) in [7, 11) is 0. The standard InChI is InChI=1S/C14H13N3O2S/c1-2-19-14(18)15-11-5-3-10(4-6-11)12-9-17-7-8-20-13(17)16-12/h3-9H,2H2,1H3,(H,15,18). The number of carbonyl (C=O) groups excluding carboxylic acids is 1. The second kappa shape index (κ2) is 5.34. The Morgan fingerprint density at radius 2 is 2.20 bits per heavy atom. The summed E-state index contributed by atoms with van der Waals surface area (Å²) in [4.78, 5) is 16.8. The number of anilines is 1. The fraction of sp³-hybridized carbons (Fsp3) is 0.143. The Morgan fingerprint density at radius 1 is 1.40 bits per heavy atom. The highest BCUT2D eigenvalue weighted by atomic mass is 32.1. The van der Waals surface area contributed by atoms with Crippen LogP contribution in [0.5, 0.6) is 0 Å². The van der Waals surface area contributed by atoms with Gasteiger partial charge in [-0.1, -0.05) is 12.1 Å². The van der Waals surface area contributed by atoms with Gasteiger partial charge in [-0.15, -0.1) is 11.3 Å². The van der Waals surface area contributed by atoms with Gasteiger partial charge in [0.1, 0.15) is 0 Å². The number of benzene rings is 1. The highest BCUT2D eigenvalue weighted by Crippen LogP contribution is 2.23. The van der Waals surface area contributed by atoms with E-state index in [1.165, 1.54) is 0 Å². The third-order valence-corrected chi connectivity index (χ3v) is 3.57. The van der Waals surface area contributed by atoms with Crippen LogP contribution >= 0.6 is 11.3 Å². The smallest absolute Gasteiger partial charge is 0.411 e. The molecule has 20 heavy (non-hydrogen) atoms. The van der Waals surface area contributed by atoms with Gasteiger partial charge in [-0.2, -0.15) is 0 Å². The van der Waals surface area contributed by atoms with Crippen molar-refractivity contribution in [3.05, 3.63) is 42.0 Å². The highest BCUT2D eigenvalue weighted by Gasteiger charge is 2.06. The van der Waals surface area contributed by atoms with Gasteiger partial charge >= 0.3 is 6.09 Å². The fourth-order valence-electron chi connectivity index (χ4n) is 1.88. The number of ether oxygens (including phenoxy) is 1. The van der Waals surface area contributed by atoms with Crippen LogP contribution in [-0.4, -0.2) is 22.1 Å². The normalized spacial score (nSPS) is 10.7. The number of aromatic nitrogens is 2. The van der Waals surface area contributed by atoms with E-state index in [-0.39, 0.29) is 0 Å². The maximum atomic E-state index is 11.3. The largest absolute Gasteiger partial charge is 0.450 e. The van der Waals surface area contributed by atoms with Gasteiger partial charge in [-0.25, -0.2) is 9.78 Å². The highest BCUT2D eigenvalue weighted by molar-refractivity contribution is 7.15. The molecule has 0 fully saturated rings. The van der Waals surface area contributed by atoms with Crippen LogP contribution in [0.4, 0.5) is 10.5 Å². The average Bonchev–Trinajstić information content (AvgIpc) is 3.00. The third-order valence-electron chi connectivity index (χ3n) is 2.80. The van der Waals surface area contributed by atoms with Crippen LogP contribution in [0.2, 0.25) is 0 Å². The van der Waals surface area contributed by atoms with Crippen molar-refractivity contribution in [2.24, 2.45) is 0 Å². The van der Waals surface area contributed by atoms with Crippen molar-refractivity contribution in [3.63, 3.8) is 0 Å². The molecule has 3 aromatic rings. The van der Waals surface area contributed by atoms with Gasteiger partial charge < -0.3 is 4.74 Å². The van der Waals surface area contributed by atoms with Crippen molar-refractivity contribution >= 4 is 28.1 Å². The number of amides is 1. The molecule has 1 N–H and O–H groups in total. The molecule has 0 saturated carbocycles. The second-order valence-corrected chi connectivity index (χ2v) is 5.01. The summed E-state index contributed by atoms with van der Waals surface area (Å²) < 4.78 is 6.82. The molecular formula is C14H13N3O2S. The molecule has 0 atom stereocenters. The lowest BCUT2D eigenvalue weighted by atomic mass is 10.1. The van der Waals surface area contributed by atoms with Gasteiger partial charge in [-0.05, 0) is 19.1 Å². The SMILES string of the molecule is CCOC(=O)Nc1ccc(-c2cn3ccsc3n2)cc1. The molecular weight excluding hydrogens is 274 g/mol. The van der Waals surface area contributed by atoms with Crippen molar-refractivity contribution in [1.82, 2.24) is 9.38 Å². The topological polar surface area (TPSA) is 55.6 Å². The predicted molar refractivity (Wildman–Crippen MR) is 79.1 cm³/mol. The molecule has 2 heterocycles. The second-order valence-electron chi connectivity index (χ2n) is 4.14. The van der Waals surface area contributed by atoms with Gasteiger partial charge in [-0.3, -0.25) is 9.72 Å². The summed E-state index contributed by atoms with van der Waals surface area (Å²) in [5, 5.41) is 4.66. The minimum Gasteiger partial charge on any atom is -0.450 e. The Hall–Kier alpha value is -2.34. The zero-order valence-electron chi connectivity index (χ0n) is 10.9. The molecule has 0 aliphatic carbocycles. The lowest BCUT2D eigenvalue weighted by Gasteiger charge is -2.05. The molecule has 0 unspecified atom stereocenters. The number of carbonyl (C=O) groups is 1. The molecule has 1 amide bonds. The van der Waals surface area contributed by atoms with Crippen molar-refractivity contribution < 1.29 is 9.53 Å². The van der Waals surface area contributed by atoms with E-state index < -0.39 is 6.09 Å². The number of nitrogens with one attached hydrogen (secondary N) is 1. The van der Waals surface area contributed by atoms with Gasteiger partial charge in [0, 0.05) is 29.0 Å². The van der Waals surface area contributed by atoms with E-state index in [9.17, 15) is 4.79 Å². The maximum Gasteiger partial charge on any atom is 0.411 e. The van der Waals surface area contributed by atoms with Gasteiger partial charge in [0.2, 0.25) is 0 Å². The molecule has 1 aromatic carbocycles. The summed E-state index contributed by atoms with van der Waals surface area (Å²) >= 11 is 1.60. The number of rotatable bonds is 3. The van der Waals surface area contributed by atoms with E-state index in [0.717, 1.165) is 16.2 Å². The van der Waals surface area contributed by atoms with Crippen LogP contribution < -0.4 is 5.32 Å². The molecule has 2 aromatic heterocycles. The van der Waals surface area contributed by atoms with E-state index in [4.69, 9.17) is 4.74 Å². The number of fused-ring (bicyclic) bond motifs is 1. The summed E-state index contributed by atoms with van der Waals surface area (Å²) in [5.41, 5.74) is 2.63. The monoisotopic (exact) mass is 287 g/mol. The number of hydrogen-bond acceptors (Lipinski definition) is 4. The van der Waals surface area contributed by atoms with Gasteiger partial charge in [0.25, 0.3) is 0 Å². The Bertz CT molecular complexity index is 702. The zero-order chi connectivity index (χ0) is 13.9. The maximum absolute atomic E-state index is 11.3. The molecule has 0 spiro atoms. The minimum atomic E-state index is -0.442. The molecule has 0 bridgehead atoms. The summed E-state index contributed by atoms with van der Waals surface area (Å²) in [6, 6.07) is 7.52. The predicted octanol–water partition coefficient (Wildman–Crippen LogP) is 3.63. The Kier molecular flexibility index (Phi) is 3.39. The van der Waals surface area contributed by atoms with E-state index >= 15 is 0 Å². The van der Waals surface area contributed by atoms with Gasteiger partial charge in [0.15, 0.2) is 4.96 Å². The number of nitrogens with zero attached hydrogens (tertiary/aromatic N) is 2. The summed E-state index contributed by atoms with van der Waals surface area (Å²) in [5.74, 6) is 0. The van der Waals surface area contributed by atoms with Crippen molar-refractivity contribution in [2.75, 3.05) is 11.9 Å². The molecule has 0 radical (unpaired) electrons. The number of hydrogen-bond donors (Lipinski definition) is 1. The third kappa shape index (κ3) is 2.50. The van der Waals surface area contributed by atoms with E-state index in [0.29, 0.717) is 12.3 Å². The van der Waals surface area contributed by atoms with Crippen LogP contribution in [0.25, 0.3) is 16.2 Å². The molecule has 0 aliphatic rings. The Morgan fingerprint density at radius 3 is 2.90 bits per heavy atom. The quantitative estimate of drug-likeness (QED) is 0.800. The fourth-order valence-corrected chi connectivity index (χ4v) is 2.58. The first-order valence-corrected chi connectivity index (χ1v) is 7.10. The zero-order valence-corrected chi connectivity index (χ0v) is 11.7. The molecule has 5 nitrogen and oxygen atoms in total. The van der Waals surface area contributed by atoms with E-state index in [1.807, 2.05) is 46.4 Å². The lowest BCUT2D eigenvalue weighted by Crippen LogP contribution is -2.12. The van der Waals surface area contributed by atoms with Crippen LogP contribution in [0.1, 0.15) is 6.92 Å². The first-order valence-electron chi connectivity index (χ1n) is 6.22. The van der Waals surface area contributed by atoms with Gasteiger partial charge in [0.05, 0.1) is 12.3 Å². The molecule has 3 rings (SSSR count). The molecule has 0 aliphatic heterocycles. The summed E-state index contributed by atoms with van der Waals surface area (Å²) in [6.07, 6.45) is 3.52. The van der Waals surface area contributed by atoms with Crippen LogP contribution in [-0.2, 0) is 4.74 Å². The Labute approximate surface area is 119 Å². The van der Waals surface area contributed by atoms with Crippen LogP contribution in [0.15, 0.2) is 42.0 Å². The molecule has 102 valence electrons. The molecule has 6 heteroatoms. The van der Waals surface area contributed by atoms with Crippen molar-refractivity contribution in [3.8, 4) is 11.3 Å². The molecule has 0 saturated heterocycles. The first kappa shape index (κ1) is 12.7. The number of imidazole rings is 1. The van der Waals surface area contributed by atoms with Crippen molar-refractivity contribution in [2.45, 2.75) is 6.92 Å². The summed E-state index contributed by atoms with van der Waals surface area (Å²) in [6.45, 7) is 2.13.